The molecule has 1 saturated carbocycles. The Morgan fingerprint density at radius 3 is 2.52 bits per heavy atom. The average Bonchev–Trinajstić information content (AvgIpc) is 3.60. The standard InChI is InChI=1S/C24H32N4O2.HI/c1-2-25-24(26-15-14-23(29)27-16-19-8-4-3-5-9-19)28-17-21-10-6-7-11-22(21)30-18-20-12-13-20;/h3-11,20H,2,12-18H2,1H3,(H,27,29)(H2,25,26,28);1H. The maximum absolute atomic E-state index is 12.1. The summed E-state index contributed by atoms with van der Waals surface area (Å²) >= 11 is 0. The molecular weight excluding hydrogens is 503 g/mol. The number of hydrogen-bond acceptors (Lipinski definition) is 3. The lowest BCUT2D eigenvalue weighted by atomic mass is 10.2. The summed E-state index contributed by atoms with van der Waals surface area (Å²) in [4.78, 5) is 16.7. The molecule has 0 aliphatic heterocycles. The highest BCUT2D eigenvalue weighted by Crippen LogP contribution is 2.30. The number of nitrogens with one attached hydrogen (secondary N) is 3. The van der Waals surface area contributed by atoms with E-state index in [0.717, 1.165) is 30.0 Å². The van der Waals surface area contributed by atoms with E-state index >= 15 is 0 Å². The van der Waals surface area contributed by atoms with Crippen molar-refractivity contribution in [2.75, 3.05) is 19.7 Å². The van der Waals surface area contributed by atoms with E-state index in [1.54, 1.807) is 0 Å². The number of ether oxygens (including phenoxy) is 1. The second kappa shape index (κ2) is 13.9. The lowest BCUT2D eigenvalue weighted by Gasteiger charge is -2.13. The molecule has 3 N–H and O–H groups in total. The van der Waals surface area contributed by atoms with Crippen LogP contribution in [-0.2, 0) is 17.9 Å². The van der Waals surface area contributed by atoms with Crippen molar-refractivity contribution >= 4 is 35.8 Å². The van der Waals surface area contributed by atoms with Crippen LogP contribution in [0.15, 0.2) is 59.6 Å². The lowest BCUT2D eigenvalue weighted by molar-refractivity contribution is -0.121. The largest absolute Gasteiger partial charge is 0.493 e. The first-order valence-corrected chi connectivity index (χ1v) is 10.8. The molecule has 1 amide bonds. The van der Waals surface area contributed by atoms with Crippen LogP contribution in [0, 0.1) is 5.92 Å². The second-order valence-corrected chi connectivity index (χ2v) is 7.50. The van der Waals surface area contributed by atoms with Gasteiger partial charge in [-0.3, -0.25) is 4.79 Å². The van der Waals surface area contributed by atoms with Crippen LogP contribution in [0.1, 0.15) is 37.3 Å². The first kappa shape index (κ1) is 25.0. The van der Waals surface area contributed by atoms with Gasteiger partial charge in [-0.15, -0.1) is 24.0 Å². The summed E-state index contributed by atoms with van der Waals surface area (Å²) in [6, 6.07) is 18.0. The summed E-state index contributed by atoms with van der Waals surface area (Å²) < 4.78 is 5.97. The number of guanidine groups is 1. The highest BCUT2D eigenvalue weighted by atomic mass is 127. The molecular formula is C24H33IN4O2. The number of rotatable bonds is 11. The minimum absolute atomic E-state index is 0. The Balaban J connectivity index is 0.00000341. The van der Waals surface area contributed by atoms with E-state index in [2.05, 4.69) is 20.9 Å². The van der Waals surface area contributed by atoms with E-state index in [4.69, 9.17) is 4.74 Å². The maximum atomic E-state index is 12.1. The topological polar surface area (TPSA) is 74.8 Å². The van der Waals surface area contributed by atoms with Crippen LogP contribution in [0.2, 0.25) is 0 Å². The van der Waals surface area contributed by atoms with Gasteiger partial charge in [-0.05, 0) is 37.3 Å². The molecule has 2 aromatic carbocycles. The van der Waals surface area contributed by atoms with Crippen molar-refractivity contribution in [1.82, 2.24) is 16.0 Å². The summed E-state index contributed by atoms with van der Waals surface area (Å²) in [6.45, 7) is 5.16. The predicted molar refractivity (Wildman–Crippen MR) is 136 cm³/mol. The molecule has 1 fully saturated rings. The molecule has 0 atom stereocenters. The number of halogens is 1. The Labute approximate surface area is 202 Å². The normalized spacial score (nSPS) is 13.1. The van der Waals surface area contributed by atoms with Crippen LogP contribution in [-0.4, -0.2) is 31.6 Å². The molecule has 0 bridgehead atoms. The molecule has 0 aromatic heterocycles. The van der Waals surface area contributed by atoms with Crippen LogP contribution >= 0.6 is 24.0 Å². The Morgan fingerprint density at radius 2 is 1.77 bits per heavy atom. The summed E-state index contributed by atoms with van der Waals surface area (Å²) in [5.74, 6) is 2.34. The zero-order valence-electron chi connectivity index (χ0n) is 18.1. The molecule has 1 aliphatic rings. The van der Waals surface area contributed by atoms with Gasteiger partial charge in [-0.2, -0.15) is 0 Å². The van der Waals surface area contributed by atoms with Crippen molar-refractivity contribution in [3.63, 3.8) is 0 Å². The predicted octanol–water partition coefficient (Wildman–Crippen LogP) is 3.86. The second-order valence-electron chi connectivity index (χ2n) is 7.50. The molecule has 0 heterocycles. The Kier molecular flexibility index (Phi) is 11.2. The van der Waals surface area contributed by atoms with E-state index < -0.39 is 0 Å². The molecule has 31 heavy (non-hydrogen) atoms. The summed E-state index contributed by atoms with van der Waals surface area (Å²) in [7, 11) is 0. The Hall–Kier alpha value is -2.29. The number of amides is 1. The molecule has 0 spiro atoms. The van der Waals surface area contributed by atoms with Crippen LogP contribution < -0.4 is 20.7 Å². The molecule has 168 valence electrons. The van der Waals surface area contributed by atoms with Gasteiger partial charge in [0.05, 0.1) is 13.2 Å². The summed E-state index contributed by atoms with van der Waals surface area (Å²) in [5, 5.41) is 9.41. The van der Waals surface area contributed by atoms with Gasteiger partial charge < -0.3 is 20.7 Å². The number of hydrogen-bond donors (Lipinski definition) is 3. The van der Waals surface area contributed by atoms with Gasteiger partial charge in [-0.25, -0.2) is 4.99 Å². The van der Waals surface area contributed by atoms with E-state index in [1.165, 1.54) is 12.8 Å². The smallest absolute Gasteiger partial charge is 0.222 e. The minimum atomic E-state index is 0. The summed E-state index contributed by atoms with van der Waals surface area (Å²) in [5.41, 5.74) is 2.16. The van der Waals surface area contributed by atoms with Gasteiger partial charge in [0.2, 0.25) is 5.91 Å². The van der Waals surface area contributed by atoms with Gasteiger partial charge >= 0.3 is 0 Å². The maximum Gasteiger partial charge on any atom is 0.222 e. The molecule has 3 rings (SSSR count). The average molecular weight is 536 g/mol. The van der Waals surface area contributed by atoms with E-state index in [1.807, 2.05) is 61.5 Å². The SMILES string of the molecule is CCNC(=NCc1ccccc1OCC1CC1)NCCC(=O)NCc1ccccc1.I. The van der Waals surface area contributed by atoms with Crippen molar-refractivity contribution in [3.05, 3.63) is 65.7 Å². The van der Waals surface area contributed by atoms with E-state index in [0.29, 0.717) is 37.9 Å². The highest BCUT2D eigenvalue weighted by Gasteiger charge is 2.22. The first-order chi connectivity index (χ1) is 14.7. The number of carbonyl (C=O) groups excluding carboxylic acids is 1. The lowest BCUT2D eigenvalue weighted by Crippen LogP contribution is -2.39. The van der Waals surface area contributed by atoms with Crippen molar-refractivity contribution in [2.45, 2.75) is 39.3 Å². The Morgan fingerprint density at radius 1 is 1.03 bits per heavy atom. The fraction of sp³-hybridized carbons (Fsp3) is 0.417. The third-order valence-electron chi connectivity index (χ3n) is 4.87. The number of benzene rings is 2. The van der Waals surface area contributed by atoms with Crippen molar-refractivity contribution in [2.24, 2.45) is 10.9 Å². The zero-order valence-corrected chi connectivity index (χ0v) is 20.4. The number of aliphatic imine (C=N–C) groups is 1. The molecule has 0 radical (unpaired) electrons. The Bertz CT molecular complexity index is 825. The van der Waals surface area contributed by atoms with Gasteiger partial charge in [0.15, 0.2) is 5.96 Å². The molecule has 1 aliphatic carbocycles. The van der Waals surface area contributed by atoms with Gasteiger partial charge in [0, 0.05) is 31.6 Å². The van der Waals surface area contributed by atoms with Crippen LogP contribution in [0.4, 0.5) is 0 Å². The van der Waals surface area contributed by atoms with Crippen molar-refractivity contribution in [3.8, 4) is 5.75 Å². The van der Waals surface area contributed by atoms with E-state index in [-0.39, 0.29) is 29.9 Å². The molecule has 0 saturated heterocycles. The fourth-order valence-corrected chi connectivity index (χ4v) is 2.95. The molecule has 7 heteroatoms. The third kappa shape index (κ3) is 9.59. The minimum Gasteiger partial charge on any atom is -0.493 e. The quantitative estimate of drug-likeness (QED) is 0.232. The van der Waals surface area contributed by atoms with Gasteiger partial charge in [-0.1, -0.05) is 48.5 Å². The molecule has 2 aromatic rings. The zero-order chi connectivity index (χ0) is 21.0. The van der Waals surface area contributed by atoms with E-state index in [9.17, 15) is 4.79 Å². The van der Waals surface area contributed by atoms with Gasteiger partial charge in [0.1, 0.15) is 5.75 Å². The monoisotopic (exact) mass is 536 g/mol. The summed E-state index contributed by atoms with van der Waals surface area (Å²) in [6.07, 6.45) is 2.93. The van der Waals surface area contributed by atoms with Crippen LogP contribution in [0.5, 0.6) is 5.75 Å². The molecule has 0 unspecified atom stereocenters. The number of nitrogens with zero attached hydrogens (tertiary/aromatic N) is 1. The molecule has 6 nitrogen and oxygen atoms in total. The van der Waals surface area contributed by atoms with Crippen LogP contribution in [0.25, 0.3) is 0 Å². The van der Waals surface area contributed by atoms with Crippen LogP contribution in [0.3, 0.4) is 0 Å². The fourth-order valence-electron chi connectivity index (χ4n) is 2.95. The number of para-hydroxylation sites is 1. The van der Waals surface area contributed by atoms with Crippen molar-refractivity contribution < 1.29 is 9.53 Å². The highest BCUT2D eigenvalue weighted by molar-refractivity contribution is 14.0. The van der Waals surface area contributed by atoms with Crippen molar-refractivity contribution in [1.29, 1.82) is 0 Å². The third-order valence-corrected chi connectivity index (χ3v) is 4.87. The first-order valence-electron chi connectivity index (χ1n) is 10.8. The number of carbonyl (C=O) groups is 1. The van der Waals surface area contributed by atoms with Gasteiger partial charge in [0.25, 0.3) is 0 Å².